The lowest BCUT2D eigenvalue weighted by molar-refractivity contribution is 0.101. The molecule has 0 N–H and O–H groups in total. The third kappa shape index (κ3) is 2.22. The van der Waals surface area contributed by atoms with Crippen LogP contribution in [0, 0.1) is 6.92 Å². The van der Waals surface area contributed by atoms with Crippen molar-refractivity contribution in [3.8, 4) is 0 Å². The fourth-order valence-electron chi connectivity index (χ4n) is 1.47. The Morgan fingerprint density at radius 3 is 2.21 bits per heavy atom. The van der Waals surface area contributed by atoms with Crippen LogP contribution in [0.15, 0.2) is 18.2 Å². The van der Waals surface area contributed by atoms with Gasteiger partial charge in [-0.05, 0) is 36.5 Å². The highest BCUT2D eigenvalue weighted by molar-refractivity contribution is 5.95. The number of rotatable bonds is 1. The largest absolute Gasteiger partial charge is 0.295 e. The lowest BCUT2D eigenvalue weighted by Crippen LogP contribution is -2.12. The first-order valence-corrected chi connectivity index (χ1v) is 4.94. The van der Waals surface area contributed by atoms with E-state index in [1.807, 2.05) is 19.1 Å². The number of ketones is 1. The maximum absolute atomic E-state index is 11.3. The predicted octanol–water partition coefficient (Wildman–Crippen LogP) is 3.50. The molecule has 0 atom stereocenters. The monoisotopic (exact) mass is 190 g/mol. The Hall–Kier alpha value is -1.11. The third-order valence-corrected chi connectivity index (χ3v) is 2.48. The smallest absolute Gasteiger partial charge is 0.160 e. The van der Waals surface area contributed by atoms with Gasteiger partial charge in [-0.2, -0.15) is 0 Å². The van der Waals surface area contributed by atoms with Crippen LogP contribution < -0.4 is 0 Å². The molecule has 14 heavy (non-hydrogen) atoms. The average Bonchev–Trinajstić information content (AvgIpc) is 2.02. The molecule has 0 aliphatic heterocycles. The molecule has 1 heteroatoms. The van der Waals surface area contributed by atoms with Crippen molar-refractivity contribution in [1.82, 2.24) is 0 Å². The molecule has 0 saturated carbocycles. The standard InChI is InChI=1S/C13H18O/c1-9-6-7-11(13(3,4)5)8-12(9)10(2)14/h6-8H,1-5H3. The number of carbonyl (C=O) groups excluding carboxylic acids is 1. The predicted molar refractivity (Wildman–Crippen MR) is 59.9 cm³/mol. The molecule has 0 bridgehead atoms. The van der Waals surface area contributed by atoms with Crippen molar-refractivity contribution in [2.24, 2.45) is 0 Å². The highest BCUT2D eigenvalue weighted by Crippen LogP contribution is 2.24. The summed E-state index contributed by atoms with van der Waals surface area (Å²) in [5, 5.41) is 0. The summed E-state index contributed by atoms with van der Waals surface area (Å²) in [5.74, 6) is 0.147. The van der Waals surface area contributed by atoms with Crippen LogP contribution in [0.1, 0.15) is 49.2 Å². The van der Waals surface area contributed by atoms with E-state index in [1.165, 1.54) is 5.56 Å². The molecule has 0 saturated heterocycles. The number of Topliss-reactive ketones (excluding diaryl/α,β-unsaturated/α-hetero) is 1. The molecule has 0 fully saturated rings. The summed E-state index contributed by atoms with van der Waals surface area (Å²) in [4.78, 5) is 11.3. The second-order valence-corrected chi connectivity index (χ2v) is 4.84. The van der Waals surface area contributed by atoms with Gasteiger partial charge in [0, 0.05) is 5.56 Å². The Bertz CT molecular complexity index is 356. The molecular weight excluding hydrogens is 172 g/mol. The summed E-state index contributed by atoms with van der Waals surface area (Å²) >= 11 is 0. The van der Waals surface area contributed by atoms with Gasteiger partial charge in [0.1, 0.15) is 0 Å². The van der Waals surface area contributed by atoms with E-state index in [0.717, 1.165) is 11.1 Å². The first-order chi connectivity index (χ1) is 6.32. The maximum atomic E-state index is 11.3. The zero-order chi connectivity index (χ0) is 10.9. The lowest BCUT2D eigenvalue weighted by Gasteiger charge is -2.20. The summed E-state index contributed by atoms with van der Waals surface area (Å²) in [6.45, 7) is 10.1. The molecule has 0 spiro atoms. The molecule has 0 amide bonds. The fourth-order valence-corrected chi connectivity index (χ4v) is 1.47. The van der Waals surface area contributed by atoms with Crippen molar-refractivity contribution in [2.75, 3.05) is 0 Å². The van der Waals surface area contributed by atoms with Crippen LogP contribution >= 0.6 is 0 Å². The lowest BCUT2D eigenvalue weighted by atomic mass is 9.85. The fraction of sp³-hybridized carbons (Fsp3) is 0.462. The highest BCUT2D eigenvalue weighted by Gasteiger charge is 2.15. The van der Waals surface area contributed by atoms with Gasteiger partial charge in [0.15, 0.2) is 5.78 Å². The normalized spacial score (nSPS) is 11.5. The summed E-state index contributed by atoms with van der Waals surface area (Å²) < 4.78 is 0. The van der Waals surface area contributed by atoms with Crippen LogP contribution in [0.3, 0.4) is 0 Å². The van der Waals surface area contributed by atoms with E-state index in [-0.39, 0.29) is 11.2 Å². The van der Waals surface area contributed by atoms with Gasteiger partial charge >= 0.3 is 0 Å². The van der Waals surface area contributed by atoms with Gasteiger partial charge < -0.3 is 0 Å². The minimum atomic E-state index is 0.109. The van der Waals surface area contributed by atoms with E-state index >= 15 is 0 Å². The van der Waals surface area contributed by atoms with Crippen LogP contribution in [0.2, 0.25) is 0 Å². The minimum Gasteiger partial charge on any atom is -0.295 e. The summed E-state index contributed by atoms with van der Waals surface area (Å²) in [6, 6.07) is 6.14. The number of hydrogen-bond donors (Lipinski definition) is 0. The van der Waals surface area contributed by atoms with Gasteiger partial charge in [-0.3, -0.25) is 4.79 Å². The van der Waals surface area contributed by atoms with Gasteiger partial charge in [0.05, 0.1) is 0 Å². The Labute approximate surface area is 86.1 Å². The van der Waals surface area contributed by atoms with Crippen LogP contribution in [0.5, 0.6) is 0 Å². The van der Waals surface area contributed by atoms with Gasteiger partial charge in [0.25, 0.3) is 0 Å². The van der Waals surface area contributed by atoms with Crippen molar-refractivity contribution < 1.29 is 4.79 Å². The average molecular weight is 190 g/mol. The first-order valence-electron chi connectivity index (χ1n) is 4.94. The SMILES string of the molecule is CC(=O)c1cc(C(C)(C)C)ccc1C. The Morgan fingerprint density at radius 2 is 1.79 bits per heavy atom. The van der Waals surface area contributed by atoms with Crippen molar-refractivity contribution in [3.05, 3.63) is 34.9 Å². The molecule has 1 aromatic rings. The van der Waals surface area contributed by atoms with Crippen LogP contribution in [-0.2, 0) is 5.41 Å². The van der Waals surface area contributed by atoms with E-state index in [0.29, 0.717) is 0 Å². The Morgan fingerprint density at radius 1 is 1.21 bits per heavy atom. The Balaban J connectivity index is 3.27. The number of hydrogen-bond acceptors (Lipinski definition) is 1. The van der Waals surface area contributed by atoms with Gasteiger partial charge in [-0.25, -0.2) is 0 Å². The van der Waals surface area contributed by atoms with Crippen molar-refractivity contribution in [1.29, 1.82) is 0 Å². The molecule has 0 aliphatic rings. The Kier molecular flexibility index (Phi) is 2.79. The van der Waals surface area contributed by atoms with Crippen LogP contribution in [0.25, 0.3) is 0 Å². The second kappa shape index (κ2) is 3.56. The van der Waals surface area contributed by atoms with Crippen molar-refractivity contribution in [3.63, 3.8) is 0 Å². The molecule has 0 aromatic heterocycles. The molecule has 1 aromatic carbocycles. The zero-order valence-corrected chi connectivity index (χ0v) is 9.64. The molecule has 0 heterocycles. The highest BCUT2D eigenvalue weighted by atomic mass is 16.1. The number of carbonyl (C=O) groups is 1. The minimum absolute atomic E-state index is 0.109. The molecule has 0 unspecified atom stereocenters. The first kappa shape index (κ1) is 11.0. The molecule has 0 radical (unpaired) electrons. The van der Waals surface area contributed by atoms with Gasteiger partial charge in [0.2, 0.25) is 0 Å². The van der Waals surface area contributed by atoms with E-state index < -0.39 is 0 Å². The topological polar surface area (TPSA) is 17.1 Å². The summed E-state index contributed by atoms with van der Waals surface area (Å²) in [7, 11) is 0. The molecular formula is C13H18O. The van der Waals surface area contributed by atoms with E-state index in [4.69, 9.17) is 0 Å². The summed E-state index contributed by atoms with van der Waals surface area (Å²) in [6.07, 6.45) is 0. The zero-order valence-electron chi connectivity index (χ0n) is 9.64. The number of benzene rings is 1. The summed E-state index contributed by atoms with van der Waals surface area (Å²) in [5.41, 5.74) is 3.23. The van der Waals surface area contributed by atoms with Gasteiger partial charge in [-0.15, -0.1) is 0 Å². The quantitative estimate of drug-likeness (QED) is 0.619. The van der Waals surface area contributed by atoms with Crippen molar-refractivity contribution in [2.45, 2.75) is 40.0 Å². The van der Waals surface area contributed by atoms with Crippen LogP contribution in [-0.4, -0.2) is 5.78 Å². The maximum Gasteiger partial charge on any atom is 0.160 e. The van der Waals surface area contributed by atoms with E-state index in [1.54, 1.807) is 6.92 Å². The number of aryl methyl sites for hydroxylation is 1. The van der Waals surface area contributed by atoms with Crippen LogP contribution in [0.4, 0.5) is 0 Å². The van der Waals surface area contributed by atoms with Gasteiger partial charge in [-0.1, -0.05) is 32.9 Å². The molecule has 0 aliphatic carbocycles. The molecule has 1 nitrogen and oxygen atoms in total. The van der Waals surface area contributed by atoms with E-state index in [9.17, 15) is 4.79 Å². The molecule has 1 rings (SSSR count). The second-order valence-electron chi connectivity index (χ2n) is 4.84. The van der Waals surface area contributed by atoms with Crippen molar-refractivity contribution >= 4 is 5.78 Å². The third-order valence-electron chi connectivity index (χ3n) is 2.48. The van der Waals surface area contributed by atoms with E-state index in [2.05, 4.69) is 26.8 Å². The molecule has 76 valence electrons.